The van der Waals surface area contributed by atoms with Crippen LogP contribution in [0, 0.1) is 5.92 Å². The lowest BCUT2D eigenvalue weighted by Crippen LogP contribution is -2.42. The van der Waals surface area contributed by atoms with Crippen molar-refractivity contribution in [3.8, 4) is 0 Å². The molecule has 3 unspecified atom stereocenters. The maximum absolute atomic E-state index is 5.82. The van der Waals surface area contributed by atoms with Crippen LogP contribution in [0.3, 0.4) is 0 Å². The van der Waals surface area contributed by atoms with Crippen LogP contribution in [0.2, 0.25) is 0 Å². The van der Waals surface area contributed by atoms with E-state index in [4.69, 9.17) is 5.73 Å². The van der Waals surface area contributed by atoms with Crippen molar-refractivity contribution < 1.29 is 0 Å². The van der Waals surface area contributed by atoms with E-state index >= 15 is 0 Å². The van der Waals surface area contributed by atoms with Gasteiger partial charge in [-0.25, -0.2) is 0 Å². The lowest BCUT2D eigenvalue weighted by Gasteiger charge is -2.39. The van der Waals surface area contributed by atoms with Crippen molar-refractivity contribution in [3.05, 3.63) is 29.8 Å². The predicted molar refractivity (Wildman–Crippen MR) is 86.2 cm³/mol. The van der Waals surface area contributed by atoms with E-state index in [2.05, 4.69) is 36.1 Å². The summed E-state index contributed by atoms with van der Waals surface area (Å²) in [4.78, 5) is 2.73. The Bertz CT molecular complexity index is 443. The van der Waals surface area contributed by atoms with Gasteiger partial charge in [0, 0.05) is 24.2 Å². The third-order valence-electron chi connectivity index (χ3n) is 5.41. The normalized spacial score (nSPS) is 29.5. The monoisotopic (exact) mass is 272 g/mol. The summed E-state index contributed by atoms with van der Waals surface area (Å²) in [5.41, 5.74) is 8.86. The first-order chi connectivity index (χ1) is 9.85. The molecule has 2 nitrogen and oxygen atoms in total. The smallest absolute Gasteiger partial charge is 0.0405 e. The fraction of sp³-hybridized carbons (Fsp3) is 0.667. The van der Waals surface area contributed by atoms with Gasteiger partial charge in [-0.3, -0.25) is 0 Å². The Morgan fingerprint density at radius 2 is 2.00 bits per heavy atom. The molecule has 1 fully saturated rings. The van der Waals surface area contributed by atoms with E-state index in [1.807, 2.05) is 0 Å². The van der Waals surface area contributed by atoms with E-state index in [1.54, 1.807) is 5.56 Å². The number of rotatable bonds is 4. The highest BCUT2D eigenvalue weighted by Gasteiger charge is 2.36. The Hall–Kier alpha value is -1.02. The molecule has 0 amide bonds. The van der Waals surface area contributed by atoms with E-state index in [-0.39, 0.29) is 0 Å². The molecule has 0 radical (unpaired) electrons. The van der Waals surface area contributed by atoms with Crippen LogP contribution in [0.25, 0.3) is 0 Å². The zero-order chi connectivity index (χ0) is 13.9. The van der Waals surface area contributed by atoms with Gasteiger partial charge in [0.1, 0.15) is 0 Å². The van der Waals surface area contributed by atoms with Crippen molar-refractivity contribution in [3.63, 3.8) is 0 Å². The quantitative estimate of drug-likeness (QED) is 0.900. The van der Waals surface area contributed by atoms with E-state index in [0.717, 1.165) is 24.9 Å². The number of hydrogen-bond donors (Lipinski definition) is 1. The Morgan fingerprint density at radius 3 is 2.80 bits per heavy atom. The van der Waals surface area contributed by atoms with Crippen LogP contribution in [0.5, 0.6) is 0 Å². The van der Waals surface area contributed by atoms with E-state index in [9.17, 15) is 0 Å². The summed E-state index contributed by atoms with van der Waals surface area (Å²) in [5, 5.41) is 0. The van der Waals surface area contributed by atoms with Gasteiger partial charge in [-0.1, -0.05) is 44.4 Å². The number of hydrogen-bond acceptors (Lipinski definition) is 2. The molecule has 1 aliphatic carbocycles. The zero-order valence-electron chi connectivity index (χ0n) is 12.7. The molecule has 0 aromatic heterocycles. The molecule has 20 heavy (non-hydrogen) atoms. The van der Waals surface area contributed by atoms with Crippen LogP contribution in [0.15, 0.2) is 24.3 Å². The number of fused-ring (bicyclic) bond motifs is 1. The molecule has 3 atom stereocenters. The van der Waals surface area contributed by atoms with Crippen molar-refractivity contribution in [2.45, 2.75) is 57.4 Å². The summed E-state index contributed by atoms with van der Waals surface area (Å²) in [6, 6.07) is 9.79. The van der Waals surface area contributed by atoms with Gasteiger partial charge in [0.05, 0.1) is 0 Å². The van der Waals surface area contributed by atoms with Gasteiger partial charge in [0.2, 0.25) is 0 Å². The van der Waals surface area contributed by atoms with Crippen molar-refractivity contribution in [1.82, 2.24) is 0 Å². The predicted octanol–water partition coefficient (Wildman–Crippen LogP) is 3.91. The molecular weight excluding hydrogens is 244 g/mol. The van der Waals surface area contributed by atoms with E-state index < -0.39 is 0 Å². The van der Waals surface area contributed by atoms with Crippen LogP contribution in [0.4, 0.5) is 5.69 Å². The van der Waals surface area contributed by atoms with Gasteiger partial charge in [0.25, 0.3) is 0 Å². The van der Waals surface area contributed by atoms with Crippen molar-refractivity contribution in [2.24, 2.45) is 11.7 Å². The van der Waals surface area contributed by atoms with E-state index in [0.29, 0.717) is 5.92 Å². The number of nitrogens with two attached hydrogens (primary N) is 1. The summed E-state index contributed by atoms with van der Waals surface area (Å²) < 4.78 is 0. The molecular formula is C18H28N2. The van der Waals surface area contributed by atoms with Crippen molar-refractivity contribution in [2.75, 3.05) is 18.0 Å². The first-order valence-electron chi connectivity index (χ1n) is 8.40. The molecule has 2 N–H and O–H groups in total. The number of para-hydroxylation sites is 1. The van der Waals surface area contributed by atoms with Gasteiger partial charge in [-0.15, -0.1) is 0 Å². The summed E-state index contributed by atoms with van der Waals surface area (Å²) in [5.74, 6) is 1.53. The molecule has 0 spiro atoms. The number of benzene rings is 1. The topological polar surface area (TPSA) is 29.3 Å². The lowest BCUT2D eigenvalue weighted by atomic mass is 9.82. The van der Waals surface area contributed by atoms with Gasteiger partial charge in [-0.2, -0.15) is 0 Å². The molecule has 2 heteroatoms. The number of nitrogens with zero attached hydrogens (tertiary/aromatic N) is 1. The molecule has 2 aliphatic rings. The highest BCUT2D eigenvalue weighted by Crippen LogP contribution is 2.43. The van der Waals surface area contributed by atoms with Gasteiger partial charge < -0.3 is 10.6 Å². The zero-order valence-corrected chi connectivity index (χ0v) is 12.7. The minimum atomic E-state index is 0.649. The molecule has 1 aliphatic heterocycles. The average Bonchev–Trinajstić information content (AvgIpc) is 2.87. The lowest BCUT2D eigenvalue weighted by molar-refractivity contribution is 0.285. The fourth-order valence-corrected chi connectivity index (χ4v) is 4.37. The molecule has 3 rings (SSSR count). The van der Waals surface area contributed by atoms with Gasteiger partial charge >= 0.3 is 0 Å². The molecule has 110 valence electrons. The maximum Gasteiger partial charge on any atom is 0.0405 e. The summed E-state index contributed by atoms with van der Waals surface area (Å²) in [6.45, 7) is 4.36. The van der Waals surface area contributed by atoms with E-state index in [1.165, 1.54) is 44.3 Å². The Labute approximate surface area is 123 Å². The highest BCUT2D eigenvalue weighted by atomic mass is 15.2. The SMILES string of the molecule is CCC1CCCCC1N1CC(CCN)c2ccccc21. The van der Waals surface area contributed by atoms with Crippen molar-refractivity contribution in [1.29, 1.82) is 0 Å². The van der Waals surface area contributed by atoms with Crippen LogP contribution in [0.1, 0.15) is 56.9 Å². The first-order valence-corrected chi connectivity index (χ1v) is 8.40. The Morgan fingerprint density at radius 1 is 1.20 bits per heavy atom. The minimum absolute atomic E-state index is 0.649. The largest absolute Gasteiger partial charge is 0.367 e. The molecule has 1 aromatic rings. The third-order valence-corrected chi connectivity index (χ3v) is 5.41. The van der Waals surface area contributed by atoms with Crippen LogP contribution in [-0.4, -0.2) is 19.1 Å². The molecule has 0 saturated heterocycles. The Kier molecular flexibility index (Phi) is 4.30. The minimum Gasteiger partial charge on any atom is -0.367 e. The first kappa shape index (κ1) is 13.9. The summed E-state index contributed by atoms with van der Waals surface area (Å²) in [6.07, 6.45) is 8.07. The molecule has 1 saturated carbocycles. The second-order valence-electron chi connectivity index (χ2n) is 6.51. The number of anilines is 1. The summed E-state index contributed by atoms with van der Waals surface area (Å²) >= 11 is 0. The second kappa shape index (κ2) is 6.17. The third kappa shape index (κ3) is 2.46. The van der Waals surface area contributed by atoms with Gasteiger partial charge in [-0.05, 0) is 43.4 Å². The molecule has 1 aromatic carbocycles. The maximum atomic E-state index is 5.82. The standard InChI is InChI=1S/C18H28N2/c1-2-14-7-3-5-9-17(14)20-13-15(11-12-19)16-8-4-6-10-18(16)20/h4,6,8,10,14-15,17H,2-3,5,7,9,11-13,19H2,1H3. The Balaban J connectivity index is 1.87. The summed E-state index contributed by atoms with van der Waals surface area (Å²) in [7, 11) is 0. The van der Waals surface area contributed by atoms with Crippen LogP contribution >= 0.6 is 0 Å². The van der Waals surface area contributed by atoms with Crippen LogP contribution in [-0.2, 0) is 0 Å². The molecule has 0 bridgehead atoms. The van der Waals surface area contributed by atoms with Crippen molar-refractivity contribution >= 4 is 5.69 Å². The average molecular weight is 272 g/mol. The second-order valence-corrected chi connectivity index (χ2v) is 6.51. The molecule has 1 heterocycles. The fourth-order valence-electron chi connectivity index (χ4n) is 4.37. The van der Waals surface area contributed by atoms with Crippen LogP contribution < -0.4 is 10.6 Å². The van der Waals surface area contributed by atoms with Gasteiger partial charge in [0.15, 0.2) is 0 Å². The highest BCUT2D eigenvalue weighted by molar-refractivity contribution is 5.61.